The molecule has 32 heavy (non-hydrogen) atoms. The van der Waals surface area contributed by atoms with Crippen LogP contribution in [0, 0.1) is 0 Å². The van der Waals surface area contributed by atoms with E-state index in [1.165, 1.54) is 44.2 Å². The van der Waals surface area contributed by atoms with E-state index >= 15 is 0 Å². The minimum absolute atomic E-state index is 0.113. The lowest BCUT2D eigenvalue weighted by atomic mass is 10.1. The third-order valence-electron chi connectivity index (χ3n) is 4.34. The zero-order chi connectivity index (χ0) is 23.5. The van der Waals surface area contributed by atoms with Crippen LogP contribution in [-0.2, 0) is 31.8 Å². The van der Waals surface area contributed by atoms with Gasteiger partial charge < -0.3 is 18.9 Å². The Morgan fingerprint density at radius 1 is 0.969 bits per heavy atom. The fourth-order valence-electron chi connectivity index (χ4n) is 2.95. The highest BCUT2D eigenvalue weighted by Crippen LogP contribution is 2.33. The Morgan fingerprint density at radius 2 is 1.66 bits per heavy atom. The average Bonchev–Trinajstić information content (AvgIpc) is 2.69. The molecule has 0 amide bonds. The monoisotopic (exact) mass is 450 g/mol. The first-order valence-electron chi connectivity index (χ1n) is 9.72. The van der Waals surface area contributed by atoms with Gasteiger partial charge in [-0.2, -0.15) is 13.2 Å². The van der Waals surface area contributed by atoms with Gasteiger partial charge in [-0.05, 0) is 48.4 Å². The van der Waals surface area contributed by atoms with Gasteiger partial charge in [0, 0.05) is 13.8 Å². The SMILES string of the molecule is CCOc1cc(C=C2C(=O)OC(C)(C)OC2=O)ccc1OCc1cccc(C(F)(F)F)c1. The summed E-state index contributed by atoms with van der Waals surface area (Å²) in [4.78, 5) is 24.3. The molecular weight excluding hydrogens is 429 g/mol. The van der Waals surface area contributed by atoms with Crippen molar-refractivity contribution in [3.63, 3.8) is 0 Å². The summed E-state index contributed by atoms with van der Waals surface area (Å²) < 4.78 is 60.0. The first-order valence-corrected chi connectivity index (χ1v) is 9.72. The predicted molar refractivity (Wildman–Crippen MR) is 108 cm³/mol. The molecule has 1 fully saturated rings. The van der Waals surface area contributed by atoms with Crippen LogP contribution in [-0.4, -0.2) is 24.3 Å². The molecule has 1 heterocycles. The summed E-state index contributed by atoms with van der Waals surface area (Å²) in [7, 11) is 0. The minimum atomic E-state index is -4.45. The smallest absolute Gasteiger partial charge is 0.416 e. The second-order valence-electron chi connectivity index (χ2n) is 7.36. The Bertz CT molecular complexity index is 1030. The fourth-order valence-corrected chi connectivity index (χ4v) is 2.95. The number of esters is 2. The number of hydrogen-bond acceptors (Lipinski definition) is 6. The van der Waals surface area contributed by atoms with Crippen molar-refractivity contribution in [2.45, 2.75) is 39.3 Å². The van der Waals surface area contributed by atoms with Crippen LogP contribution in [0.5, 0.6) is 11.5 Å². The highest BCUT2D eigenvalue weighted by atomic mass is 19.4. The highest BCUT2D eigenvalue weighted by molar-refractivity contribution is 6.18. The van der Waals surface area contributed by atoms with Gasteiger partial charge in [-0.1, -0.05) is 18.2 Å². The van der Waals surface area contributed by atoms with E-state index in [1.54, 1.807) is 13.0 Å². The fraction of sp³-hybridized carbons (Fsp3) is 0.304. The number of carbonyl (C=O) groups excluding carboxylic acids is 2. The topological polar surface area (TPSA) is 71.1 Å². The standard InChI is InChI=1S/C23H21F3O6/c1-4-29-19-12-14(11-17-20(27)31-22(2,3)32-21(17)28)8-9-18(19)30-13-15-6-5-7-16(10-15)23(24,25)26/h5-12H,4,13H2,1-3H3. The van der Waals surface area contributed by atoms with E-state index in [0.29, 0.717) is 22.6 Å². The number of hydrogen-bond donors (Lipinski definition) is 0. The molecule has 0 aliphatic carbocycles. The second-order valence-corrected chi connectivity index (χ2v) is 7.36. The van der Waals surface area contributed by atoms with Crippen molar-refractivity contribution in [2.75, 3.05) is 6.61 Å². The molecule has 9 heteroatoms. The molecule has 0 saturated carbocycles. The van der Waals surface area contributed by atoms with Gasteiger partial charge in [0.25, 0.3) is 5.79 Å². The highest BCUT2D eigenvalue weighted by Gasteiger charge is 2.38. The van der Waals surface area contributed by atoms with E-state index in [1.807, 2.05) is 0 Å². The summed E-state index contributed by atoms with van der Waals surface area (Å²) >= 11 is 0. The van der Waals surface area contributed by atoms with Gasteiger partial charge >= 0.3 is 18.1 Å². The largest absolute Gasteiger partial charge is 0.490 e. The maximum atomic E-state index is 12.9. The lowest BCUT2D eigenvalue weighted by Gasteiger charge is -2.29. The molecule has 0 radical (unpaired) electrons. The van der Waals surface area contributed by atoms with Crippen molar-refractivity contribution in [1.29, 1.82) is 0 Å². The molecule has 1 aliphatic rings. The molecule has 2 aromatic rings. The number of halogens is 3. The van der Waals surface area contributed by atoms with Crippen LogP contribution < -0.4 is 9.47 Å². The van der Waals surface area contributed by atoms with Crippen molar-refractivity contribution >= 4 is 18.0 Å². The number of benzene rings is 2. The van der Waals surface area contributed by atoms with E-state index in [0.717, 1.165) is 12.1 Å². The summed E-state index contributed by atoms with van der Waals surface area (Å²) in [5.74, 6) is -2.38. The van der Waals surface area contributed by atoms with Crippen LogP contribution in [0.4, 0.5) is 13.2 Å². The van der Waals surface area contributed by atoms with Crippen molar-refractivity contribution in [3.05, 3.63) is 64.7 Å². The average molecular weight is 450 g/mol. The van der Waals surface area contributed by atoms with Gasteiger partial charge in [0.05, 0.1) is 12.2 Å². The van der Waals surface area contributed by atoms with E-state index < -0.39 is 29.5 Å². The van der Waals surface area contributed by atoms with Gasteiger partial charge in [0.2, 0.25) is 0 Å². The lowest BCUT2D eigenvalue weighted by molar-refractivity contribution is -0.222. The summed E-state index contributed by atoms with van der Waals surface area (Å²) in [6.07, 6.45) is -3.14. The van der Waals surface area contributed by atoms with Gasteiger partial charge in [0.1, 0.15) is 12.2 Å². The Morgan fingerprint density at radius 3 is 2.28 bits per heavy atom. The van der Waals surface area contributed by atoms with E-state index in [4.69, 9.17) is 18.9 Å². The first kappa shape index (κ1) is 23.2. The van der Waals surface area contributed by atoms with Crippen LogP contribution in [0.3, 0.4) is 0 Å². The van der Waals surface area contributed by atoms with Crippen LogP contribution in [0.25, 0.3) is 6.08 Å². The van der Waals surface area contributed by atoms with E-state index in [9.17, 15) is 22.8 Å². The lowest BCUT2D eigenvalue weighted by Crippen LogP contribution is -2.41. The molecule has 6 nitrogen and oxygen atoms in total. The summed E-state index contributed by atoms with van der Waals surface area (Å²) in [5.41, 5.74) is -0.253. The van der Waals surface area contributed by atoms with Gasteiger partial charge in [-0.25, -0.2) is 9.59 Å². The van der Waals surface area contributed by atoms with Crippen molar-refractivity contribution < 1.29 is 41.7 Å². The zero-order valence-corrected chi connectivity index (χ0v) is 17.6. The molecule has 0 unspecified atom stereocenters. The quantitative estimate of drug-likeness (QED) is 0.354. The van der Waals surface area contributed by atoms with Crippen molar-refractivity contribution in [3.8, 4) is 11.5 Å². The third kappa shape index (κ3) is 5.60. The molecule has 1 saturated heterocycles. The van der Waals surface area contributed by atoms with Crippen molar-refractivity contribution in [1.82, 2.24) is 0 Å². The number of carbonyl (C=O) groups is 2. The normalized spacial score (nSPS) is 15.6. The zero-order valence-electron chi connectivity index (χ0n) is 17.6. The summed E-state index contributed by atoms with van der Waals surface area (Å²) in [6.45, 7) is 4.82. The van der Waals surface area contributed by atoms with Crippen LogP contribution in [0.1, 0.15) is 37.5 Å². The second kappa shape index (κ2) is 8.94. The first-order chi connectivity index (χ1) is 15.0. The van der Waals surface area contributed by atoms with Gasteiger partial charge in [0.15, 0.2) is 11.5 Å². The Hall–Kier alpha value is -3.49. The number of ether oxygens (including phenoxy) is 4. The van der Waals surface area contributed by atoms with E-state index in [2.05, 4.69) is 0 Å². The maximum absolute atomic E-state index is 12.9. The molecule has 0 spiro atoms. The molecular formula is C23H21F3O6. The Balaban J connectivity index is 1.81. The summed E-state index contributed by atoms with van der Waals surface area (Å²) in [6, 6.07) is 9.48. The Labute approximate surface area is 182 Å². The molecule has 1 aliphatic heterocycles. The number of alkyl halides is 3. The van der Waals surface area contributed by atoms with Gasteiger partial charge in [-0.15, -0.1) is 0 Å². The molecule has 2 aromatic carbocycles. The predicted octanol–water partition coefficient (Wildman–Crippen LogP) is 4.90. The van der Waals surface area contributed by atoms with Crippen LogP contribution >= 0.6 is 0 Å². The molecule has 0 bridgehead atoms. The molecule has 0 atom stereocenters. The number of rotatable bonds is 6. The number of cyclic esters (lactones) is 2. The maximum Gasteiger partial charge on any atom is 0.416 e. The Kier molecular flexibility index (Phi) is 6.47. The minimum Gasteiger partial charge on any atom is -0.490 e. The van der Waals surface area contributed by atoms with Gasteiger partial charge in [-0.3, -0.25) is 0 Å². The third-order valence-corrected chi connectivity index (χ3v) is 4.34. The van der Waals surface area contributed by atoms with E-state index in [-0.39, 0.29) is 18.8 Å². The molecule has 3 rings (SSSR count). The van der Waals surface area contributed by atoms with Crippen LogP contribution in [0.2, 0.25) is 0 Å². The molecule has 0 N–H and O–H groups in total. The van der Waals surface area contributed by atoms with Crippen LogP contribution in [0.15, 0.2) is 48.0 Å². The molecule has 170 valence electrons. The van der Waals surface area contributed by atoms with Crippen molar-refractivity contribution in [2.24, 2.45) is 0 Å². The molecule has 0 aromatic heterocycles. The summed E-state index contributed by atoms with van der Waals surface area (Å²) in [5, 5.41) is 0.